The maximum Gasteiger partial charge on any atom is 0.236 e. The third-order valence-corrected chi connectivity index (χ3v) is 5.04. The van der Waals surface area contributed by atoms with Gasteiger partial charge in [0, 0.05) is 13.6 Å². The van der Waals surface area contributed by atoms with E-state index in [0.717, 1.165) is 31.2 Å². The highest BCUT2D eigenvalue weighted by Gasteiger charge is 2.44. The Morgan fingerprint density at radius 1 is 1.43 bits per heavy atom. The van der Waals surface area contributed by atoms with Gasteiger partial charge in [-0.1, -0.05) is 30.8 Å². The number of carbonyl (C=O) groups excluding carboxylic acids is 1. The molecule has 0 spiro atoms. The Morgan fingerprint density at radius 3 is 2.62 bits per heavy atom. The quantitative estimate of drug-likeness (QED) is 0.295. The van der Waals surface area contributed by atoms with Crippen LogP contribution in [0.5, 0.6) is 0 Å². The summed E-state index contributed by atoms with van der Waals surface area (Å²) in [5.41, 5.74) is 6.19. The van der Waals surface area contributed by atoms with Gasteiger partial charge in [0.1, 0.15) is 5.41 Å². The summed E-state index contributed by atoms with van der Waals surface area (Å²) >= 11 is 1.62. The monoisotopic (exact) mass is 309 g/mol. The molecule has 0 radical (unpaired) electrons. The molecule has 0 saturated heterocycles. The van der Waals surface area contributed by atoms with Crippen LogP contribution in [0.4, 0.5) is 0 Å². The molecule has 0 unspecified atom stereocenters. The van der Waals surface area contributed by atoms with E-state index in [0.29, 0.717) is 19.4 Å². The maximum absolute atomic E-state index is 13.0. The highest BCUT2D eigenvalue weighted by atomic mass is 32.1. The van der Waals surface area contributed by atoms with Gasteiger partial charge < -0.3 is 15.8 Å². The summed E-state index contributed by atoms with van der Waals surface area (Å²) in [7, 11) is 1.79. The average Bonchev–Trinajstić information content (AvgIpc) is 2.87. The number of amidine groups is 1. The van der Waals surface area contributed by atoms with E-state index in [-0.39, 0.29) is 11.7 Å². The molecule has 2 rings (SSSR count). The summed E-state index contributed by atoms with van der Waals surface area (Å²) in [6.45, 7) is 0.558. The lowest BCUT2D eigenvalue weighted by Gasteiger charge is -2.34. The average molecular weight is 309 g/mol. The third kappa shape index (κ3) is 3.37. The van der Waals surface area contributed by atoms with Crippen LogP contribution in [-0.4, -0.2) is 28.9 Å². The standard InChI is InChI=1S/C15H23N3O2S/c1-18(10-12-6-9-21-11-12)14(19)15(13(16)17-20)7-4-2-3-5-8-15/h6,9,11,20H,2-5,7-8,10H2,1H3,(H2,16,17). The largest absolute Gasteiger partial charge is 0.409 e. The lowest BCUT2D eigenvalue weighted by Crippen LogP contribution is -2.50. The number of amides is 1. The number of thiophene rings is 1. The fourth-order valence-electron chi connectivity index (χ4n) is 3.10. The zero-order chi connectivity index (χ0) is 15.3. The highest BCUT2D eigenvalue weighted by Crippen LogP contribution is 2.37. The molecule has 21 heavy (non-hydrogen) atoms. The molecule has 1 aromatic rings. The lowest BCUT2D eigenvalue weighted by atomic mass is 9.77. The van der Waals surface area contributed by atoms with Crippen molar-refractivity contribution in [3.8, 4) is 0 Å². The van der Waals surface area contributed by atoms with Gasteiger partial charge in [-0.05, 0) is 35.2 Å². The van der Waals surface area contributed by atoms with Crippen molar-refractivity contribution >= 4 is 23.1 Å². The SMILES string of the molecule is CN(Cc1ccsc1)C(=O)C1(C(N)=NO)CCCCCC1. The van der Waals surface area contributed by atoms with Gasteiger partial charge in [-0.3, -0.25) is 4.79 Å². The predicted octanol–water partition coefficient (Wildman–Crippen LogP) is 2.79. The number of hydrogen-bond acceptors (Lipinski definition) is 4. The predicted molar refractivity (Wildman–Crippen MR) is 84.3 cm³/mol. The van der Waals surface area contributed by atoms with Gasteiger partial charge in [-0.15, -0.1) is 0 Å². The summed E-state index contributed by atoms with van der Waals surface area (Å²) in [5, 5.41) is 16.3. The molecule has 0 bridgehead atoms. The van der Waals surface area contributed by atoms with Crippen molar-refractivity contribution in [3.63, 3.8) is 0 Å². The minimum absolute atomic E-state index is 0.0362. The topological polar surface area (TPSA) is 78.9 Å². The van der Waals surface area contributed by atoms with Gasteiger partial charge >= 0.3 is 0 Å². The van der Waals surface area contributed by atoms with Crippen LogP contribution >= 0.6 is 11.3 Å². The Balaban J connectivity index is 2.21. The highest BCUT2D eigenvalue weighted by molar-refractivity contribution is 7.07. The Morgan fingerprint density at radius 2 is 2.10 bits per heavy atom. The molecular weight excluding hydrogens is 286 g/mol. The number of nitrogens with two attached hydrogens (primary N) is 1. The van der Waals surface area contributed by atoms with Crippen molar-refractivity contribution in [1.82, 2.24) is 4.90 Å². The second-order valence-corrected chi connectivity index (χ2v) is 6.55. The fourth-order valence-corrected chi connectivity index (χ4v) is 3.76. The summed E-state index contributed by atoms with van der Waals surface area (Å²) in [4.78, 5) is 14.7. The van der Waals surface area contributed by atoms with Crippen molar-refractivity contribution in [2.45, 2.75) is 45.1 Å². The zero-order valence-electron chi connectivity index (χ0n) is 12.4. The molecule has 1 aromatic heterocycles. The van der Waals surface area contributed by atoms with Gasteiger partial charge in [0.2, 0.25) is 5.91 Å². The van der Waals surface area contributed by atoms with Crippen LogP contribution < -0.4 is 5.73 Å². The molecule has 6 heteroatoms. The van der Waals surface area contributed by atoms with E-state index >= 15 is 0 Å². The van der Waals surface area contributed by atoms with Crippen LogP contribution in [0, 0.1) is 5.41 Å². The first-order valence-electron chi connectivity index (χ1n) is 7.35. The van der Waals surface area contributed by atoms with E-state index in [2.05, 4.69) is 5.16 Å². The summed E-state index contributed by atoms with van der Waals surface area (Å²) in [6.07, 6.45) is 5.40. The molecule has 1 aliphatic rings. The van der Waals surface area contributed by atoms with Crippen molar-refractivity contribution < 1.29 is 10.0 Å². The lowest BCUT2D eigenvalue weighted by molar-refractivity contribution is -0.138. The minimum atomic E-state index is -0.837. The molecule has 1 aliphatic carbocycles. The first-order chi connectivity index (χ1) is 10.1. The van der Waals surface area contributed by atoms with E-state index in [1.54, 1.807) is 23.3 Å². The molecule has 1 amide bonds. The number of rotatable bonds is 4. The minimum Gasteiger partial charge on any atom is -0.409 e. The van der Waals surface area contributed by atoms with Gasteiger partial charge in [0.25, 0.3) is 0 Å². The molecular formula is C15H23N3O2S. The first kappa shape index (κ1) is 15.8. The number of oxime groups is 1. The van der Waals surface area contributed by atoms with Crippen LogP contribution in [0.2, 0.25) is 0 Å². The maximum atomic E-state index is 13.0. The van der Waals surface area contributed by atoms with Gasteiger partial charge in [0.05, 0.1) is 0 Å². The first-order valence-corrected chi connectivity index (χ1v) is 8.29. The zero-order valence-corrected chi connectivity index (χ0v) is 13.2. The van der Waals surface area contributed by atoms with E-state index in [1.807, 2.05) is 16.8 Å². The molecule has 1 heterocycles. The molecule has 1 saturated carbocycles. The Labute approximate surface area is 129 Å². The van der Waals surface area contributed by atoms with E-state index in [1.165, 1.54) is 0 Å². The molecule has 116 valence electrons. The molecule has 1 fully saturated rings. The summed E-state index contributed by atoms with van der Waals surface area (Å²) in [5.74, 6) is 0.0254. The Hall–Kier alpha value is -1.56. The van der Waals surface area contributed by atoms with Crippen LogP contribution in [0.1, 0.15) is 44.1 Å². The van der Waals surface area contributed by atoms with E-state index in [9.17, 15) is 4.79 Å². The fraction of sp³-hybridized carbons (Fsp3) is 0.600. The Bertz CT molecular complexity index is 491. The van der Waals surface area contributed by atoms with Crippen molar-refractivity contribution in [2.24, 2.45) is 16.3 Å². The molecule has 0 aliphatic heterocycles. The number of carbonyl (C=O) groups is 1. The molecule has 3 N–H and O–H groups in total. The third-order valence-electron chi connectivity index (χ3n) is 4.31. The van der Waals surface area contributed by atoms with Gasteiger partial charge in [0.15, 0.2) is 5.84 Å². The molecule has 0 atom stereocenters. The van der Waals surface area contributed by atoms with Crippen molar-refractivity contribution in [1.29, 1.82) is 0 Å². The summed E-state index contributed by atoms with van der Waals surface area (Å²) < 4.78 is 0. The van der Waals surface area contributed by atoms with E-state index < -0.39 is 5.41 Å². The van der Waals surface area contributed by atoms with Crippen molar-refractivity contribution in [2.75, 3.05) is 7.05 Å². The van der Waals surface area contributed by atoms with E-state index in [4.69, 9.17) is 10.9 Å². The van der Waals surface area contributed by atoms with Crippen LogP contribution in [0.25, 0.3) is 0 Å². The molecule has 5 nitrogen and oxygen atoms in total. The Kier molecular flexibility index (Phi) is 5.22. The van der Waals surface area contributed by atoms with Crippen LogP contribution in [0.15, 0.2) is 22.0 Å². The van der Waals surface area contributed by atoms with Crippen LogP contribution in [0.3, 0.4) is 0 Å². The number of hydrogen-bond donors (Lipinski definition) is 2. The number of nitrogens with zero attached hydrogens (tertiary/aromatic N) is 2. The normalized spacial score (nSPS) is 19.0. The summed E-state index contributed by atoms with van der Waals surface area (Å²) in [6, 6.07) is 2.01. The smallest absolute Gasteiger partial charge is 0.236 e. The second-order valence-electron chi connectivity index (χ2n) is 5.77. The van der Waals surface area contributed by atoms with Gasteiger partial charge in [-0.25, -0.2) is 0 Å². The van der Waals surface area contributed by atoms with Gasteiger partial charge in [-0.2, -0.15) is 11.3 Å². The molecule has 0 aromatic carbocycles. The van der Waals surface area contributed by atoms with Crippen molar-refractivity contribution in [3.05, 3.63) is 22.4 Å². The van der Waals surface area contributed by atoms with Crippen LogP contribution in [-0.2, 0) is 11.3 Å². The second kappa shape index (κ2) is 6.93.